The van der Waals surface area contributed by atoms with Gasteiger partial charge in [-0.3, -0.25) is 0 Å². The van der Waals surface area contributed by atoms with Crippen molar-refractivity contribution < 1.29 is 0 Å². The Hall–Kier alpha value is -0.0800. The van der Waals surface area contributed by atoms with Crippen LogP contribution >= 0.6 is 0 Å². The molecule has 14 heavy (non-hydrogen) atoms. The average Bonchev–Trinajstić information content (AvgIpc) is 2.46. The van der Waals surface area contributed by atoms with Crippen LogP contribution < -0.4 is 11.1 Å². The van der Waals surface area contributed by atoms with E-state index in [1.54, 1.807) is 0 Å². The highest BCUT2D eigenvalue weighted by Crippen LogP contribution is 2.20. The summed E-state index contributed by atoms with van der Waals surface area (Å²) in [6, 6.07) is 0.714. The molecule has 0 spiro atoms. The fourth-order valence-corrected chi connectivity index (χ4v) is 2.22. The van der Waals surface area contributed by atoms with Gasteiger partial charge in [-0.1, -0.05) is 32.6 Å². The van der Waals surface area contributed by atoms with E-state index < -0.39 is 0 Å². The summed E-state index contributed by atoms with van der Waals surface area (Å²) in [5.74, 6) is 0. The summed E-state index contributed by atoms with van der Waals surface area (Å²) < 4.78 is 0. The maximum absolute atomic E-state index is 5.81. The first-order valence-corrected chi connectivity index (χ1v) is 6.18. The van der Waals surface area contributed by atoms with E-state index >= 15 is 0 Å². The fourth-order valence-electron chi connectivity index (χ4n) is 2.22. The molecule has 1 unspecified atom stereocenters. The third-order valence-electron chi connectivity index (χ3n) is 3.64. The van der Waals surface area contributed by atoms with Gasteiger partial charge in [0.05, 0.1) is 0 Å². The Labute approximate surface area is 88.6 Å². The lowest BCUT2D eigenvalue weighted by molar-refractivity contribution is 0.289. The summed E-state index contributed by atoms with van der Waals surface area (Å²) in [6.45, 7) is 5.22. The molecule has 0 amide bonds. The van der Waals surface area contributed by atoms with Crippen LogP contribution in [0.4, 0.5) is 0 Å². The van der Waals surface area contributed by atoms with Crippen LogP contribution in [0.15, 0.2) is 0 Å². The van der Waals surface area contributed by atoms with Crippen LogP contribution in [0.2, 0.25) is 0 Å². The van der Waals surface area contributed by atoms with Gasteiger partial charge in [-0.05, 0) is 26.2 Å². The third kappa shape index (κ3) is 3.58. The van der Waals surface area contributed by atoms with Crippen LogP contribution in [0.1, 0.15) is 58.8 Å². The van der Waals surface area contributed by atoms with Gasteiger partial charge in [-0.15, -0.1) is 0 Å². The first-order chi connectivity index (χ1) is 6.70. The van der Waals surface area contributed by atoms with Crippen molar-refractivity contribution in [3.63, 3.8) is 0 Å². The molecule has 0 heterocycles. The quantitative estimate of drug-likeness (QED) is 0.681. The standard InChI is InChI=1S/C12H26N2/c1-3-12(2,10-13)14-11-8-6-4-5-7-9-11/h11,14H,3-10,13H2,1-2H3. The van der Waals surface area contributed by atoms with E-state index in [2.05, 4.69) is 19.2 Å². The average molecular weight is 198 g/mol. The predicted molar refractivity (Wildman–Crippen MR) is 62.4 cm³/mol. The summed E-state index contributed by atoms with van der Waals surface area (Å²) in [7, 11) is 0. The lowest BCUT2D eigenvalue weighted by Crippen LogP contribution is -2.52. The van der Waals surface area contributed by atoms with Crippen molar-refractivity contribution in [1.82, 2.24) is 5.32 Å². The van der Waals surface area contributed by atoms with Crippen molar-refractivity contribution in [3.05, 3.63) is 0 Å². The summed E-state index contributed by atoms with van der Waals surface area (Å²) in [5.41, 5.74) is 5.97. The number of nitrogens with two attached hydrogens (primary N) is 1. The van der Waals surface area contributed by atoms with E-state index in [9.17, 15) is 0 Å². The summed E-state index contributed by atoms with van der Waals surface area (Å²) >= 11 is 0. The van der Waals surface area contributed by atoms with Gasteiger partial charge in [0.15, 0.2) is 0 Å². The molecule has 1 fully saturated rings. The molecule has 2 nitrogen and oxygen atoms in total. The molecule has 1 rings (SSSR count). The molecule has 1 saturated carbocycles. The zero-order valence-electron chi connectivity index (χ0n) is 9.81. The molecule has 1 aliphatic rings. The number of hydrogen-bond acceptors (Lipinski definition) is 2. The molecule has 0 aromatic rings. The zero-order chi connectivity index (χ0) is 10.4. The van der Waals surface area contributed by atoms with Crippen molar-refractivity contribution in [3.8, 4) is 0 Å². The molecule has 0 aliphatic heterocycles. The summed E-state index contributed by atoms with van der Waals surface area (Å²) in [5, 5.41) is 3.75. The highest BCUT2D eigenvalue weighted by Gasteiger charge is 2.24. The molecule has 0 radical (unpaired) electrons. The molecular formula is C12H26N2. The third-order valence-corrected chi connectivity index (χ3v) is 3.64. The molecule has 84 valence electrons. The minimum Gasteiger partial charge on any atom is -0.329 e. The van der Waals surface area contributed by atoms with Crippen LogP contribution in [0.3, 0.4) is 0 Å². The van der Waals surface area contributed by atoms with Gasteiger partial charge in [0.25, 0.3) is 0 Å². The van der Waals surface area contributed by atoms with Gasteiger partial charge in [-0.25, -0.2) is 0 Å². The smallest absolute Gasteiger partial charge is 0.0275 e. The topological polar surface area (TPSA) is 38.0 Å². The molecule has 0 aromatic carbocycles. The minimum atomic E-state index is 0.162. The first-order valence-electron chi connectivity index (χ1n) is 6.18. The zero-order valence-corrected chi connectivity index (χ0v) is 9.81. The highest BCUT2D eigenvalue weighted by molar-refractivity contribution is 4.87. The molecule has 0 aromatic heterocycles. The monoisotopic (exact) mass is 198 g/mol. The Morgan fingerprint density at radius 1 is 1.21 bits per heavy atom. The highest BCUT2D eigenvalue weighted by atomic mass is 15.0. The summed E-state index contributed by atoms with van der Waals surface area (Å²) in [6.07, 6.45) is 9.43. The maximum atomic E-state index is 5.81. The number of hydrogen-bond donors (Lipinski definition) is 2. The van der Waals surface area contributed by atoms with Gasteiger partial charge in [0.1, 0.15) is 0 Å². The predicted octanol–water partition coefficient (Wildman–Crippen LogP) is 2.43. The second kappa shape index (κ2) is 5.72. The molecule has 0 bridgehead atoms. The van der Waals surface area contributed by atoms with Crippen LogP contribution in [-0.2, 0) is 0 Å². The van der Waals surface area contributed by atoms with E-state index in [0.717, 1.165) is 13.0 Å². The number of nitrogens with one attached hydrogen (secondary N) is 1. The lowest BCUT2D eigenvalue weighted by Gasteiger charge is -2.33. The number of rotatable bonds is 4. The maximum Gasteiger partial charge on any atom is 0.0275 e. The molecule has 2 heteroatoms. The van der Waals surface area contributed by atoms with Crippen LogP contribution in [0.5, 0.6) is 0 Å². The normalized spacial score (nSPS) is 24.2. The summed E-state index contributed by atoms with van der Waals surface area (Å²) in [4.78, 5) is 0. The molecule has 1 aliphatic carbocycles. The van der Waals surface area contributed by atoms with Crippen LogP contribution in [0, 0.1) is 0 Å². The lowest BCUT2D eigenvalue weighted by atomic mass is 9.96. The Bertz CT molecular complexity index is 144. The first kappa shape index (κ1) is 12.0. The minimum absolute atomic E-state index is 0.162. The van der Waals surface area contributed by atoms with Crippen molar-refractivity contribution in [2.45, 2.75) is 70.4 Å². The van der Waals surface area contributed by atoms with E-state index in [-0.39, 0.29) is 5.54 Å². The van der Waals surface area contributed by atoms with Crippen LogP contribution in [0.25, 0.3) is 0 Å². The van der Waals surface area contributed by atoms with Crippen molar-refractivity contribution >= 4 is 0 Å². The van der Waals surface area contributed by atoms with E-state index in [4.69, 9.17) is 5.73 Å². The van der Waals surface area contributed by atoms with Crippen molar-refractivity contribution in [2.24, 2.45) is 5.73 Å². The van der Waals surface area contributed by atoms with Gasteiger partial charge in [0.2, 0.25) is 0 Å². The SMILES string of the molecule is CCC(C)(CN)NC1CCCCCC1. The van der Waals surface area contributed by atoms with Crippen molar-refractivity contribution in [1.29, 1.82) is 0 Å². The van der Waals surface area contributed by atoms with Gasteiger partial charge in [-0.2, -0.15) is 0 Å². The Morgan fingerprint density at radius 2 is 1.79 bits per heavy atom. The molecule has 1 atom stereocenters. The molecule has 3 N–H and O–H groups in total. The Balaban J connectivity index is 2.39. The van der Waals surface area contributed by atoms with Gasteiger partial charge < -0.3 is 11.1 Å². The Kier molecular flexibility index (Phi) is 4.90. The van der Waals surface area contributed by atoms with Gasteiger partial charge >= 0.3 is 0 Å². The van der Waals surface area contributed by atoms with E-state index in [1.165, 1.54) is 38.5 Å². The van der Waals surface area contributed by atoms with Crippen molar-refractivity contribution in [2.75, 3.05) is 6.54 Å². The fraction of sp³-hybridized carbons (Fsp3) is 1.00. The van der Waals surface area contributed by atoms with Gasteiger partial charge in [0, 0.05) is 18.1 Å². The largest absolute Gasteiger partial charge is 0.329 e. The second-order valence-electron chi connectivity index (χ2n) is 4.95. The molecule has 0 saturated heterocycles. The Morgan fingerprint density at radius 3 is 2.21 bits per heavy atom. The second-order valence-corrected chi connectivity index (χ2v) is 4.95. The van der Waals surface area contributed by atoms with Crippen LogP contribution in [-0.4, -0.2) is 18.1 Å². The van der Waals surface area contributed by atoms with E-state index in [0.29, 0.717) is 6.04 Å². The molecular weight excluding hydrogens is 172 g/mol. The van der Waals surface area contributed by atoms with E-state index in [1.807, 2.05) is 0 Å².